The van der Waals surface area contributed by atoms with Crippen LogP contribution >= 0.6 is 0 Å². The van der Waals surface area contributed by atoms with E-state index in [4.69, 9.17) is 15.2 Å². The predicted octanol–water partition coefficient (Wildman–Crippen LogP) is 2.16. The second-order valence-corrected chi connectivity index (χ2v) is 6.22. The van der Waals surface area contributed by atoms with Crippen LogP contribution in [0.15, 0.2) is 41.7 Å². The Morgan fingerprint density at radius 2 is 2.04 bits per heavy atom. The maximum atomic E-state index is 12.2. The molecule has 2 atom stereocenters. The molecule has 3 rings (SSSR count). The van der Waals surface area contributed by atoms with Crippen LogP contribution in [0.5, 0.6) is 5.88 Å². The molecule has 1 aromatic heterocycles. The summed E-state index contributed by atoms with van der Waals surface area (Å²) in [6, 6.07) is 8.04. The highest BCUT2D eigenvalue weighted by atomic mass is 16.5. The molecule has 0 bridgehead atoms. The van der Waals surface area contributed by atoms with Gasteiger partial charge in [-0.05, 0) is 44.4 Å². The Hall–Kier alpha value is -3.16. The average Bonchev–Trinajstić information content (AvgIpc) is 2.99. The second kappa shape index (κ2) is 8.48. The van der Waals surface area contributed by atoms with E-state index in [1.54, 1.807) is 0 Å². The summed E-state index contributed by atoms with van der Waals surface area (Å²) in [7, 11) is 0. The van der Waals surface area contributed by atoms with E-state index in [-0.39, 0.29) is 29.8 Å². The van der Waals surface area contributed by atoms with Crippen molar-refractivity contribution in [3.63, 3.8) is 0 Å². The average molecular weight is 369 g/mol. The first-order valence-corrected chi connectivity index (χ1v) is 8.90. The number of amides is 1. The molecule has 2 aromatic rings. The van der Waals surface area contributed by atoms with Gasteiger partial charge in [-0.1, -0.05) is 12.1 Å². The van der Waals surface area contributed by atoms with Crippen LogP contribution in [0.3, 0.4) is 0 Å². The van der Waals surface area contributed by atoms with Gasteiger partial charge in [0, 0.05) is 5.69 Å². The van der Waals surface area contributed by atoms with Crippen LogP contribution in [0.4, 0.5) is 5.69 Å². The Balaban J connectivity index is 1.53. The van der Waals surface area contributed by atoms with Crippen LogP contribution in [0.2, 0.25) is 0 Å². The topological polar surface area (TPSA) is 112 Å². The largest absolute Gasteiger partial charge is 0.477 e. The summed E-state index contributed by atoms with van der Waals surface area (Å²) in [5.74, 6) is 0.0755. The van der Waals surface area contributed by atoms with Gasteiger partial charge in [-0.15, -0.1) is 0 Å². The zero-order valence-corrected chi connectivity index (χ0v) is 15.4. The Bertz CT molecular complexity index is 805. The van der Waals surface area contributed by atoms with Crippen LogP contribution in [0, 0.1) is 0 Å². The van der Waals surface area contributed by atoms with Crippen molar-refractivity contribution < 1.29 is 14.3 Å². The molecule has 2 heterocycles. The van der Waals surface area contributed by atoms with Gasteiger partial charge < -0.3 is 20.5 Å². The molecule has 0 aliphatic carbocycles. The molecule has 1 aliphatic rings. The number of nitrogens with zero attached hydrogens (tertiary/aromatic N) is 3. The summed E-state index contributed by atoms with van der Waals surface area (Å²) in [4.78, 5) is 24.6. The molecule has 3 N–H and O–H groups in total. The Kier molecular flexibility index (Phi) is 5.85. The van der Waals surface area contributed by atoms with Crippen molar-refractivity contribution in [2.45, 2.75) is 38.8 Å². The number of benzene rings is 1. The van der Waals surface area contributed by atoms with Crippen LogP contribution in [-0.4, -0.2) is 40.6 Å². The number of carbonyl (C=O) groups is 1. The number of rotatable bonds is 7. The Morgan fingerprint density at radius 3 is 2.63 bits per heavy atom. The number of aryl methyl sites for hydroxylation is 1. The zero-order valence-electron chi connectivity index (χ0n) is 15.4. The molecule has 27 heavy (non-hydrogen) atoms. The quantitative estimate of drug-likeness (QED) is 0.773. The fourth-order valence-corrected chi connectivity index (χ4v) is 2.79. The van der Waals surface area contributed by atoms with Gasteiger partial charge in [-0.3, -0.25) is 4.79 Å². The lowest BCUT2D eigenvalue weighted by Gasteiger charge is -2.12. The van der Waals surface area contributed by atoms with Gasteiger partial charge in [-0.25, -0.2) is 15.0 Å². The van der Waals surface area contributed by atoms with Crippen molar-refractivity contribution in [1.29, 1.82) is 0 Å². The lowest BCUT2D eigenvalue weighted by molar-refractivity contribution is 0.102. The first-order chi connectivity index (χ1) is 13.0. The molecule has 8 heteroatoms. The number of carbonyl (C=O) groups excluding carboxylic acids is 1. The summed E-state index contributed by atoms with van der Waals surface area (Å²) in [5, 5.41) is 2.81. The van der Waals surface area contributed by atoms with Crippen molar-refractivity contribution in [1.82, 2.24) is 9.97 Å². The van der Waals surface area contributed by atoms with E-state index in [2.05, 4.69) is 20.3 Å². The van der Waals surface area contributed by atoms with E-state index in [1.165, 1.54) is 12.4 Å². The third-order valence-corrected chi connectivity index (χ3v) is 4.24. The van der Waals surface area contributed by atoms with E-state index >= 15 is 0 Å². The van der Waals surface area contributed by atoms with E-state index in [0.29, 0.717) is 18.2 Å². The number of aromatic nitrogens is 2. The highest BCUT2D eigenvalue weighted by Gasteiger charge is 2.25. The number of amidine groups is 1. The lowest BCUT2D eigenvalue weighted by atomic mass is 10.0. The standard InChI is InChI=1S/C19H23N5O3/c1-3-26-17-11-21-16(10-22-17)18(25)23-14-7-4-13(5-8-14)6-9-15-12(2)27-19(20)24-15/h4-5,7-8,10-12,15H,3,6,9H2,1-2H3,(H2,20,24)(H,23,25)/t12-,15-/m0/s1. The van der Waals surface area contributed by atoms with E-state index in [9.17, 15) is 4.79 Å². The summed E-state index contributed by atoms with van der Waals surface area (Å²) in [6.07, 6.45) is 4.55. The first kappa shape index (κ1) is 18.6. The highest BCUT2D eigenvalue weighted by Crippen LogP contribution is 2.19. The minimum Gasteiger partial charge on any atom is -0.477 e. The molecule has 0 saturated heterocycles. The maximum absolute atomic E-state index is 12.2. The molecule has 1 amide bonds. The molecule has 1 aromatic carbocycles. The van der Waals surface area contributed by atoms with Crippen LogP contribution < -0.4 is 15.8 Å². The van der Waals surface area contributed by atoms with Crippen molar-refractivity contribution >= 4 is 17.6 Å². The van der Waals surface area contributed by atoms with Crippen LogP contribution in [-0.2, 0) is 11.2 Å². The zero-order chi connectivity index (χ0) is 19.2. The minimum absolute atomic E-state index is 0.0128. The van der Waals surface area contributed by atoms with Gasteiger partial charge in [0.1, 0.15) is 11.8 Å². The SMILES string of the molecule is CCOc1cnc(C(=O)Nc2ccc(CC[C@@H]3N=C(N)O[C@H]3C)cc2)cn1. The molecule has 0 fully saturated rings. The normalized spacial score (nSPS) is 18.5. The van der Waals surface area contributed by atoms with Crippen LogP contribution in [0.25, 0.3) is 0 Å². The summed E-state index contributed by atoms with van der Waals surface area (Å²) < 4.78 is 10.6. The van der Waals surface area contributed by atoms with E-state index in [0.717, 1.165) is 18.4 Å². The van der Waals surface area contributed by atoms with Crippen molar-refractivity contribution in [2.75, 3.05) is 11.9 Å². The molecular weight excluding hydrogens is 346 g/mol. The lowest BCUT2D eigenvalue weighted by Crippen LogP contribution is -2.20. The number of nitrogens with one attached hydrogen (secondary N) is 1. The second-order valence-electron chi connectivity index (χ2n) is 6.22. The molecule has 0 saturated carbocycles. The molecule has 0 spiro atoms. The van der Waals surface area contributed by atoms with Crippen LogP contribution in [0.1, 0.15) is 36.3 Å². The van der Waals surface area contributed by atoms with Crippen molar-refractivity contribution in [3.8, 4) is 5.88 Å². The predicted molar refractivity (Wildman–Crippen MR) is 102 cm³/mol. The smallest absolute Gasteiger partial charge is 0.282 e. The number of aliphatic imine (C=N–C) groups is 1. The molecule has 142 valence electrons. The fourth-order valence-electron chi connectivity index (χ4n) is 2.79. The molecule has 1 aliphatic heterocycles. The van der Waals surface area contributed by atoms with Gasteiger partial charge in [0.15, 0.2) is 0 Å². The Labute approximate surface area is 157 Å². The van der Waals surface area contributed by atoms with E-state index in [1.807, 2.05) is 38.1 Å². The summed E-state index contributed by atoms with van der Waals surface area (Å²) in [5.41, 5.74) is 7.67. The van der Waals surface area contributed by atoms with Gasteiger partial charge in [0.2, 0.25) is 5.88 Å². The van der Waals surface area contributed by atoms with E-state index < -0.39 is 0 Å². The third kappa shape index (κ3) is 4.93. The Morgan fingerprint density at radius 1 is 1.26 bits per heavy atom. The maximum Gasteiger partial charge on any atom is 0.282 e. The monoisotopic (exact) mass is 369 g/mol. The van der Waals surface area contributed by atoms with Gasteiger partial charge in [-0.2, -0.15) is 0 Å². The van der Waals surface area contributed by atoms with Gasteiger partial charge in [0.25, 0.3) is 11.9 Å². The molecule has 0 unspecified atom stereocenters. The number of ether oxygens (including phenoxy) is 2. The highest BCUT2D eigenvalue weighted by molar-refractivity contribution is 6.02. The number of nitrogens with two attached hydrogens (primary N) is 1. The van der Waals surface area contributed by atoms with Gasteiger partial charge >= 0.3 is 0 Å². The summed E-state index contributed by atoms with van der Waals surface area (Å²) in [6.45, 7) is 4.33. The number of hydrogen-bond donors (Lipinski definition) is 2. The van der Waals surface area contributed by atoms with Crippen molar-refractivity contribution in [3.05, 3.63) is 47.9 Å². The first-order valence-electron chi connectivity index (χ1n) is 8.90. The summed E-state index contributed by atoms with van der Waals surface area (Å²) >= 11 is 0. The fraction of sp³-hybridized carbons (Fsp3) is 0.368. The number of anilines is 1. The third-order valence-electron chi connectivity index (χ3n) is 4.24. The molecular formula is C19H23N5O3. The number of hydrogen-bond acceptors (Lipinski definition) is 7. The van der Waals surface area contributed by atoms with Gasteiger partial charge in [0.05, 0.1) is 25.0 Å². The van der Waals surface area contributed by atoms with Crippen molar-refractivity contribution in [2.24, 2.45) is 10.7 Å². The molecule has 8 nitrogen and oxygen atoms in total. The minimum atomic E-state index is -0.319. The molecule has 0 radical (unpaired) electrons.